The zero-order valence-corrected chi connectivity index (χ0v) is 20.5. The minimum absolute atomic E-state index is 0.0241. The van der Waals surface area contributed by atoms with E-state index >= 15 is 0 Å². The van der Waals surface area contributed by atoms with Crippen molar-refractivity contribution < 1.29 is 19.1 Å². The number of aromatic nitrogens is 2. The molecule has 0 bridgehead atoms. The van der Waals surface area contributed by atoms with Gasteiger partial charge in [-0.3, -0.25) is 9.97 Å². The number of esters is 2. The van der Waals surface area contributed by atoms with Crippen LogP contribution in [0.1, 0.15) is 38.8 Å². The SMILES string of the molecule is CC1=C(C(=O)OCC=Cc2cccnc2)C(C(C)C)C(C(=O)OCC=Cc2cccnc2)=C(C)N1. The van der Waals surface area contributed by atoms with E-state index in [1.54, 1.807) is 36.9 Å². The molecule has 0 amide bonds. The first-order valence-corrected chi connectivity index (χ1v) is 11.5. The van der Waals surface area contributed by atoms with Crippen LogP contribution in [0.3, 0.4) is 0 Å². The molecule has 0 spiro atoms. The number of nitrogens with one attached hydrogen (secondary N) is 1. The molecule has 7 nitrogen and oxygen atoms in total. The Morgan fingerprint density at radius 3 is 1.71 bits per heavy atom. The lowest BCUT2D eigenvalue weighted by Crippen LogP contribution is -2.36. The van der Waals surface area contributed by atoms with Gasteiger partial charge in [-0.15, -0.1) is 0 Å². The summed E-state index contributed by atoms with van der Waals surface area (Å²) in [7, 11) is 0. The number of hydrogen-bond acceptors (Lipinski definition) is 7. The Morgan fingerprint density at radius 1 is 0.886 bits per heavy atom. The molecular formula is C28H31N3O4. The molecule has 1 aliphatic rings. The molecule has 0 aromatic carbocycles. The van der Waals surface area contributed by atoms with E-state index in [-0.39, 0.29) is 19.1 Å². The Bertz CT molecular complexity index is 1060. The minimum Gasteiger partial charge on any atom is -0.458 e. The number of ether oxygens (including phenoxy) is 2. The zero-order chi connectivity index (χ0) is 25.2. The number of dihydropyridines is 1. The van der Waals surface area contributed by atoms with Gasteiger partial charge >= 0.3 is 11.9 Å². The summed E-state index contributed by atoms with van der Waals surface area (Å²) in [6, 6.07) is 7.50. The van der Waals surface area contributed by atoms with Crippen LogP contribution in [0.4, 0.5) is 0 Å². The number of allylic oxidation sites excluding steroid dienone is 2. The fraction of sp³-hybridized carbons (Fsp3) is 0.286. The average molecular weight is 474 g/mol. The maximum atomic E-state index is 13.1. The van der Waals surface area contributed by atoms with Gasteiger partial charge in [-0.1, -0.05) is 38.1 Å². The minimum atomic E-state index is -0.459. The first-order valence-electron chi connectivity index (χ1n) is 11.5. The molecule has 0 aliphatic carbocycles. The fourth-order valence-corrected chi connectivity index (χ4v) is 3.97. The van der Waals surface area contributed by atoms with E-state index in [1.165, 1.54) is 0 Å². The van der Waals surface area contributed by atoms with Crippen LogP contribution >= 0.6 is 0 Å². The average Bonchev–Trinajstić information content (AvgIpc) is 2.85. The van der Waals surface area contributed by atoms with Gasteiger partial charge in [-0.2, -0.15) is 0 Å². The lowest BCUT2D eigenvalue weighted by Gasteiger charge is -2.32. The molecule has 35 heavy (non-hydrogen) atoms. The van der Waals surface area contributed by atoms with Crippen LogP contribution in [0, 0.1) is 11.8 Å². The van der Waals surface area contributed by atoms with Gasteiger partial charge in [-0.05, 0) is 55.2 Å². The number of carbonyl (C=O) groups excluding carboxylic acids is 2. The molecule has 1 N–H and O–H groups in total. The van der Waals surface area contributed by atoms with Crippen molar-refractivity contribution in [2.75, 3.05) is 13.2 Å². The monoisotopic (exact) mass is 473 g/mol. The highest BCUT2D eigenvalue weighted by Gasteiger charge is 2.38. The van der Waals surface area contributed by atoms with Gasteiger partial charge in [0.25, 0.3) is 0 Å². The van der Waals surface area contributed by atoms with Crippen LogP contribution in [0.25, 0.3) is 12.2 Å². The molecule has 0 saturated heterocycles. The second-order valence-electron chi connectivity index (χ2n) is 8.50. The van der Waals surface area contributed by atoms with Gasteiger partial charge in [-0.25, -0.2) is 9.59 Å². The lowest BCUT2D eigenvalue weighted by atomic mass is 9.78. The summed E-state index contributed by atoms with van der Waals surface area (Å²) in [6.07, 6.45) is 14.0. The highest BCUT2D eigenvalue weighted by atomic mass is 16.5. The van der Waals surface area contributed by atoms with Crippen molar-refractivity contribution in [2.24, 2.45) is 11.8 Å². The highest BCUT2D eigenvalue weighted by Crippen LogP contribution is 2.36. The van der Waals surface area contributed by atoms with Crippen molar-refractivity contribution in [2.45, 2.75) is 27.7 Å². The van der Waals surface area contributed by atoms with Crippen molar-refractivity contribution in [3.63, 3.8) is 0 Å². The molecule has 0 fully saturated rings. The summed E-state index contributed by atoms with van der Waals surface area (Å²) >= 11 is 0. The van der Waals surface area contributed by atoms with Gasteiger partial charge in [0, 0.05) is 42.1 Å². The molecular weight excluding hydrogens is 442 g/mol. The predicted octanol–water partition coefficient (Wildman–Crippen LogP) is 4.71. The third kappa shape index (κ3) is 6.99. The summed E-state index contributed by atoms with van der Waals surface area (Å²) in [5.41, 5.74) is 4.07. The maximum absolute atomic E-state index is 13.1. The van der Waals surface area contributed by atoms with Crippen LogP contribution in [-0.4, -0.2) is 35.1 Å². The third-order valence-corrected chi connectivity index (χ3v) is 5.52. The number of carbonyl (C=O) groups is 2. The van der Waals surface area contributed by atoms with Crippen LogP contribution in [0.2, 0.25) is 0 Å². The zero-order valence-electron chi connectivity index (χ0n) is 20.5. The standard InChI is InChI=1S/C28H31N3O4/c1-19(2)24-25(27(32)34-15-7-11-22-9-5-13-29-17-22)20(3)31-21(4)26(24)28(33)35-16-8-12-23-10-6-14-30-18-23/h5-14,17-19,24,31H,15-16H2,1-4H3. The molecule has 2 aromatic rings. The molecule has 1 aliphatic heterocycles. The number of hydrogen-bond donors (Lipinski definition) is 1. The van der Waals surface area contributed by atoms with Crippen molar-refractivity contribution in [1.82, 2.24) is 15.3 Å². The second-order valence-corrected chi connectivity index (χ2v) is 8.50. The number of pyridine rings is 2. The second kappa shape index (κ2) is 12.5. The van der Waals surface area contributed by atoms with E-state index < -0.39 is 17.9 Å². The van der Waals surface area contributed by atoms with Crippen LogP contribution in [0.5, 0.6) is 0 Å². The molecule has 7 heteroatoms. The Morgan fingerprint density at radius 2 is 1.34 bits per heavy atom. The Kier molecular flexibility index (Phi) is 9.12. The van der Waals surface area contributed by atoms with Crippen LogP contribution in [-0.2, 0) is 19.1 Å². The van der Waals surface area contributed by atoms with Crippen molar-refractivity contribution in [3.8, 4) is 0 Å². The summed E-state index contributed by atoms with van der Waals surface area (Å²) < 4.78 is 11.1. The van der Waals surface area contributed by atoms with Gasteiger partial charge in [0.1, 0.15) is 13.2 Å². The molecule has 182 valence electrons. The number of rotatable bonds is 9. The maximum Gasteiger partial charge on any atom is 0.336 e. The quantitative estimate of drug-likeness (QED) is 0.527. The molecule has 3 rings (SSSR count). The number of nitrogens with zero attached hydrogens (tertiary/aromatic N) is 2. The fourth-order valence-electron chi connectivity index (χ4n) is 3.97. The summed E-state index contributed by atoms with van der Waals surface area (Å²) in [6.45, 7) is 7.80. The summed E-state index contributed by atoms with van der Waals surface area (Å²) in [5.74, 6) is -1.39. The molecule has 0 saturated carbocycles. The normalized spacial score (nSPS) is 16.2. The molecule has 0 unspecified atom stereocenters. The van der Waals surface area contributed by atoms with E-state index in [9.17, 15) is 9.59 Å². The molecule has 0 atom stereocenters. The summed E-state index contributed by atoms with van der Waals surface area (Å²) in [4.78, 5) is 34.2. The molecule has 3 heterocycles. The first kappa shape index (κ1) is 25.6. The largest absolute Gasteiger partial charge is 0.458 e. The van der Waals surface area contributed by atoms with Crippen LogP contribution in [0.15, 0.2) is 83.7 Å². The van der Waals surface area contributed by atoms with Gasteiger partial charge in [0.05, 0.1) is 11.1 Å². The lowest BCUT2D eigenvalue weighted by molar-refractivity contribution is -0.139. The Balaban J connectivity index is 1.67. The molecule has 2 aromatic heterocycles. The van der Waals surface area contributed by atoms with Crippen molar-refractivity contribution >= 4 is 24.1 Å². The van der Waals surface area contributed by atoms with E-state index in [2.05, 4.69) is 15.3 Å². The van der Waals surface area contributed by atoms with Crippen molar-refractivity contribution in [1.29, 1.82) is 0 Å². The third-order valence-electron chi connectivity index (χ3n) is 5.52. The summed E-state index contributed by atoms with van der Waals surface area (Å²) in [5, 5.41) is 3.16. The topological polar surface area (TPSA) is 90.4 Å². The Hall–Kier alpha value is -4.00. The first-order chi connectivity index (χ1) is 16.9. The smallest absolute Gasteiger partial charge is 0.336 e. The van der Waals surface area contributed by atoms with Crippen LogP contribution < -0.4 is 5.32 Å². The van der Waals surface area contributed by atoms with Gasteiger partial charge in [0.15, 0.2) is 0 Å². The highest BCUT2D eigenvalue weighted by molar-refractivity contribution is 5.98. The van der Waals surface area contributed by atoms with E-state index in [4.69, 9.17) is 9.47 Å². The van der Waals surface area contributed by atoms with E-state index in [0.29, 0.717) is 22.5 Å². The van der Waals surface area contributed by atoms with Crippen molar-refractivity contribution in [3.05, 3.63) is 94.9 Å². The molecule has 0 radical (unpaired) electrons. The predicted molar refractivity (Wildman–Crippen MR) is 135 cm³/mol. The van der Waals surface area contributed by atoms with E-state index in [1.807, 2.05) is 64.1 Å². The Labute approximate surface area is 206 Å². The van der Waals surface area contributed by atoms with Gasteiger partial charge < -0.3 is 14.8 Å². The van der Waals surface area contributed by atoms with Gasteiger partial charge in [0.2, 0.25) is 0 Å². The van der Waals surface area contributed by atoms with E-state index in [0.717, 1.165) is 11.1 Å².